The summed E-state index contributed by atoms with van der Waals surface area (Å²) in [5, 5.41) is 14.7. The maximum Gasteiger partial charge on any atom is 0.295 e. The van der Waals surface area contributed by atoms with E-state index in [-0.39, 0.29) is 15.7 Å². The number of nitro benzene ring substituents is 1. The van der Waals surface area contributed by atoms with Crippen molar-refractivity contribution in [3.05, 3.63) is 32.5 Å². The molecule has 2 heterocycles. The number of halogens is 2. The first kappa shape index (κ1) is 14.7. The van der Waals surface area contributed by atoms with Gasteiger partial charge >= 0.3 is 0 Å². The third-order valence-electron chi connectivity index (χ3n) is 4.86. The number of fused-ring (bicyclic) bond motifs is 1. The first-order chi connectivity index (χ1) is 9.82. The SMILES string of the molecule is CC1(C)C2CNCC2CN1c1cc(Br)c(F)cc1[N+](=O)[O-]. The highest BCUT2D eigenvalue weighted by Gasteiger charge is 2.50. The summed E-state index contributed by atoms with van der Waals surface area (Å²) in [7, 11) is 0. The molecule has 114 valence electrons. The number of rotatable bonds is 2. The van der Waals surface area contributed by atoms with Crippen molar-refractivity contribution >= 4 is 27.3 Å². The summed E-state index contributed by atoms with van der Waals surface area (Å²) >= 11 is 3.14. The number of hydrogen-bond donors (Lipinski definition) is 1. The van der Waals surface area contributed by atoms with E-state index in [0.717, 1.165) is 25.7 Å². The Hall–Kier alpha value is -1.21. The van der Waals surface area contributed by atoms with Crippen LogP contribution < -0.4 is 10.2 Å². The third kappa shape index (κ3) is 2.23. The summed E-state index contributed by atoms with van der Waals surface area (Å²) < 4.78 is 13.9. The van der Waals surface area contributed by atoms with Crippen LogP contribution in [0.4, 0.5) is 15.8 Å². The molecule has 2 atom stereocenters. The molecule has 2 aliphatic heterocycles. The summed E-state index contributed by atoms with van der Waals surface area (Å²) in [4.78, 5) is 12.8. The number of nitrogens with one attached hydrogen (secondary N) is 1. The van der Waals surface area contributed by atoms with Gasteiger partial charge in [-0.3, -0.25) is 10.1 Å². The highest BCUT2D eigenvalue weighted by atomic mass is 79.9. The van der Waals surface area contributed by atoms with Crippen molar-refractivity contribution in [3.8, 4) is 0 Å². The van der Waals surface area contributed by atoms with E-state index in [1.807, 2.05) is 0 Å². The van der Waals surface area contributed by atoms with Crippen molar-refractivity contribution < 1.29 is 9.31 Å². The number of benzene rings is 1. The lowest BCUT2D eigenvalue weighted by atomic mass is 9.84. The van der Waals surface area contributed by atoms with Crippen molar-refractivity contribution in [1.82, 2.24) is 5.32 Å². The van der Waals surface area contributed by atoms with Gasteiger partial charge in [0.2, 0.25) is 0 Å². The fourth-order valence-corrected chi connectivity index (χ4v) is 4.05. The summed E-state index contributed by atoms with van der Waals surface area (Å²) in [6.07, 6.45) is 0. The first-order valence-electron chi connectivity index (χ1n) is 6.94. The van der Waals surface area contributed by atoms with E-state index in [1.165, 1.54) is 6.07 Å². The van der Waals surface area contributed by atoms with E-state index in [4.69, 9.17) is 0 Å². The Kier molecular flexibility index (Phi) is 3.44. The molecule has 0 saturated carbocycles. The van der Waals surface area contributed by atoms with Crippen LogP contribution in [-0.2, 0) is 0 Å². The molecule has 0 aliphatic carbocycles. The standard InChI is InChI=1S/C14H17BrFN3O2/c1-14(2)9-6-17-5-8(9)7-18(14)12-3-10(15)11(16)4-13(12)19(20)21/h3-4,8-9,17H,5-7H2,1-2H3. The average Bonchev–Trinajstić information content (AvgIpc) is 2.95. The van der Waals surface area contributed by atoms with Crippen molar-refractivity contribution in [2.75, 3.05) is 24.5 Å². The molecular weight excluding hydrogens is 341 g/mol. The molecule has 1 aromatic rings. The van der Waals surface area contributed by atoms with Crippen LogP contribution in [0.5, 0.6) is 0 Å². The minimum absolute atomic E-state index is 0.170. The number of hydrogen-bond acceptors (Lipinski definition) is 4. The van der Waals surface area contributed by atoms with E-state index < -0.39 is 10.7 Å². The molecule has 7 heteroatoms. The van der Waals surface area contributed by atoms with Gasteiger partial charge in [0.1, 0.15) is 11.5 Å². The summed E-state index contributed by atoms with van der Waals surface area (Å²) in [6.45, 7) is 6.81. The highest BCUT2D eigenvalue weighted by molar-refractivity contribution is 9.10. The van der Waals surface area contributed by atoms with Gasteiger partial charge in [-0.1, -0.05) is 0 Å². The Morgan fingerprint density at radius 1 is 1.48 bits per heavy atom. The fraction of sp³-hybridized carbons (Fsp3) is 0.571. The van der Waals surface area contributed by atoms with Crippen LogP contribution in [0.25, 0.3) is 0 Å². The minimum Gasteiger partial charge on any atom is -0.360 e. The average molecular weight is 358 g/mol. The van der Waals surface area contributed by atoms with Crippen LogP contribution in [-0.4, -0.2) is 30.1 Å². The van der Waals surface area contributed by atoms with Gasteiger partial charge in [0.05, 0.1) is 15.5 Å². The number of nitro groups is 1. The van der Waals surface area contributed by atoms with Crippen molar-refractivity contribution in [2.24, 2.45) is 11.8 Å². The lowest BCUT2D eigenvalue weighted by molar-refractivity contribution is -0.384. The largest absolute Gasteiger partial charge is 0.360 e. The number of nitrogens with zero attached hydrogens (tertiary/aromatic N) is 2. The van der Waals surface area contributed by atoms with Gasteiger partial charge < -0.3 is 10.2 Å². The third-order valence-corrected chi connectivity index (χ3v) is 5.47. The second-order valence-corrected chi connectivity index (χ2v) is 7.16. The van der Waals surface area contributed by atoms with Crippen molar-refractivity contribution in [3.63, 3.8) is 0 Å². The van der Waals surface area contributed by atoms with Gasteiger partial charge in [0.25, 0.3) is 5.69 Å². The smallest absolute Gasteiger partial charge is 0.295 e. The molecule has 21 heavy (non-hydrogen) atoms. The Bertz CT molecular complexity index is 608. The van der Waals surface area contributed by atoms with Gasteiger partial charge in [-0.05, 0) is 47.7 Å². The van der Waals surface area contributed by atoms with Crippen LogP contribution in [0, 0.1) is 27.8 Å². The number of anilines is 1. The van der Waals surface area contributed by atoms with Crippen LogP contribution in [0.1, 0.15) is 13.8 Å². The predicted molar refractivity (Wildman–Crippen MR) is 82.0 cm³/mol. The second-order valence-electron chi connectivity index (χ2n) is 6.30. The Balaban J connectivity index is 2.08. The van der Waals surface area contributed by atoms with E-state index in [0.29, 0.717) is 17.5 Å². The zero-order valence-electron chi connectivity index (χ0n) is 11.9. The lowest BCUT2D eigenvalue weighted by Gasteiger charge is -2.37. The zero-order chi connectivity index (χ0) is 15.4. The molecule has 2 unspecified atom stereocenters. The predicted octanol–water partition coefficient (Wildman–Crippen LogP) is 2.93. The molecule has 2 saturated heterocycles. The lowest BCUT2D eigenvalue weighted by Crippen LogP contribution is -2.44. The van der Waals surface area contributed by atoms with E-state index in [9.17, 15) is 14.5 Å². The van der Waals surface area contributed by atoms with Gasteiger partial charge in [-0.2, -0.15) is 0 Å². The van der Waals surface area contributed by atoms with Crippen LogP contribution >= 0.6 is 15.9 Å². The molecule has 0 radical (unpaired) electrons. The molecule has 1 N–H and O–H groups in total. The molecule has 1 aromatic carbocycles. The zero-order valence-corrected chi connectivity index (χ0v) is 13.5. The summed E-state index contributed by atoms with van der Waals surface area (Å²) in [5.41, 5.74) is 0.125. The second kappa shape index (κ2) is 4.91. The Labute approximate surface area is 130 Å². The van der Waals surface area contributed by atoms with Crippen molar-refractivity contribution in [1.29, 1.82) is 0 Å². The molecule has 2 aliphatic rings. The quantitative estimate of drug-likeness (QED) is 0.652. The maximum absolute atomic E-state index is 13.6. The highest BCUT2D eigenvalue weighted by Crippen LogP contribution is 2.46. The molecular formula is C14H17BrFN3O2. The summed E-state index contributed by atoms with van der Waals surface area (Å²) in [6, 6.07) is 2.53. The van der Waals surface area contributed by atoms with Crippen LogP contribution in [0.15, 0.2) is 16.6 Å². The molecule has 0 bridgehead atoms. The van der Waals surface area contributed by atoms with Gasteiger partial charge in [0.15, 0.2) is 0 Å². The molecule has 0 spiro atoms. The molecule has 0 aromatic heterocycles. The van der Waals surface area contributed by atoms with Gasteiger partial charge in [0, 0.05) is 25.2 Å². The Morgan fingerprint density at radius 2 is 2.19 bits per heavy atom. The fourth-order valence-electron chi connectivity index (χ4n) is 3.72. The van der Waals surface area contributed by atoms with E-state index in [1.54, 1.807) is 0 Å². The Morgan fingerprint density at radius 3 is 2.81 bits per heavy atom. The van der Waals surface area contributed by atoms with Crippen LogP contribution in [0.2, 0.25) is 0 Å². The molecule has 0 amide bonds. The monoisotopic (exact) mass is 357 g/mol. The van der Waals surface area contributed by atoms with Gasteiger partial charge in [-0.15, -0.1) is 0 Å². The maximum atomic E-state index is 13.6. The first-order valence-corrected chi connectivity index (χ1v) is 7.73. The molecule has 3 rings (SSSR count). The topological polar surface area (TPSA) is 58.4 Å². The van der Waals surface area contributed by atoms with Gasteiger partial charge in [-0.25, -0.2) is 4.39 Å². The molecule has 2 fully saturated rings. The van der Waals surface area contributed by atoms with E-state index >= 15 is 0 Å². The van der Waals surface area contributed by atoms with E-state index in [2.05, 4.69) is 40.0 Å². The minimum atomic E-state index is -0.607. The normalized spacial score (nSPS) is 27.0. The molecule has 5 nitrogen and oxygen atoms in total. The summed E-state index contributed by atoms with van der Waals surface area (Å²) in [5.74, 6) is 0.314. The van der Waals surface area contributed by atoms with Crippen molar-refractivity contribution in [2.45, 2.75) is 19.4 Å². The van der Waals surface area contributed by atoms with Crippen LogP contribution in [0.3, 0.4) is 0 Å².